The predicted octanol–water partition coefficient (Wildman–Crippen LogP) is 2.80. The van der Waals surface area contributed by atoms with Crippen molar-refractivity contribution < 1.29 is 9.72 Å². The van der Waals surface area contributed by atoms with Crippen LogP contribution in [0.4, 0.5) is 11.4 Å². The molecule has 29 heavy (non-hydrogen) atoms. The number of benzene rings is 2. The molecule has 1 aromatic heterocycles. The zero-order valence-corrected chi connectivity index (χ0v) is 16.6. The molecule has 0 spiro atoms. The van der Waals surface area contributed by atoms with Gasteiger partial charge in [0.15, 0.2) is 5.16 Å². The van der Waals surface area contributed by atoms with Gasteiger partial charge in [-0.25, -0.2) is 0 Å². The lowest BCUT2D eigenvalue weighted by Gasteiger charge is -2.09. The molecular weight excluding hydrogens is 392 g/mol. The van der Waals surface area contributed by atoms with Crippen LogP contribution in [0.5, 0.6) is 0 Å². The van der Waals surface area contributed by atoms with E-state index in [4.69, 9.17) is 0 Å². The lowest BCUT2D eigenvalue weighted by atomic mass is 10.2. The van der Waals surface area contributed by atoms with Crippen LogP contribution in [0.3, 0.4) is 0 Å². The molecule has 150 valence electrons. The normalized spacial score (nSPS) is 10.5. The van der Waals surface area contributed by atoms with Crippen LogP contribution in [-0.4, -0.2) is 44.4 Å². The Morgan fingerprint density at radius 3 is 2.69 bits per heavy atom. The molecule has 1 amide bonds. The molecule has 0 fully saturated rings. The lowest BCUT2D eigenvalue weighted by Crippen LogP contribution is -2.30. The van der Waals surface area contributed by atoms with Gasteiger partial charge in [0.05, 0.1) is 10.7 Å². The van der Waals surface area contributed by atoms with E-state index < -0.39 is 4.92 Å². The Morgan fingerprint density at radius 1 is 1.17 bits per heavy atom. The van der Waals surface area contributed by atoms with Crippen LogP contribution in [0.2, 0.25) is 0 Å². The van der Waals surface area contributed by atoms with Gasteiger partial charge < -0.3 is 10.6 Å². The number of nitro benzene ring substituents is 1. The van der Waals surface area contributed by atoms with Crippen LogP contribution in [0.25, 0.3) is 5.69 Å². The number of para-hydroxylation sites is 2. The summed E-state index contributed by atoms with van der Waals surface area (Å²) in [6.07, 6.45) is 1.61. The SMILES string of the molecule is Cc1ccc(-n2cnnc2SCC(=O)NCCNc2ccccc2[N+](=O)[O-])cc1. The molecule has 0 aliphatic heterocycles. The summed E-state index contributed by atoms with van der Waals surface area (Å²) >= 11 is 1.29. The van der Waals surface area contributed by atoms with E-state index in [1.54, 1.807) is 24.5 Å². The number of aromatic nitrogens is 3. The highest BCUT2D eigenvalue weighted by Crippen LogP contribution is 2.22. The molecule has 3 aromatic rings. The molecule has 3 rings (SSSR count). The van der Waals surface area contributed by atoms with Crippen molar-refractivity contribution in [2.75, 3.05) is 24.2 Å². The zero-order valence-electron chi connectivity index (χ0n) is 15.7. The van der Waals surface area contributed by atoms with Gasteiger partial charge in [0.1, 0.15) is 12.0 Å². The van der Waals surface area contributed by atoms with Gasteiger partial charge in [-0.1, -0.05) is 41.6 Å². The highest BCUT2D eigenvalue weighted by molar-refractivity contribution is 7.99. The number of amides is 1. The summed E-state index contributed by atoms with van der Waals surface area (Å²) in [6, 6.07) is 14.3. The number of anilines is 1. The number of rotatable bonds is 9. The third-order valence-corrected chi connectivity index (χ3v) is 4.97. The van der Waals surface area contributed by atoms with E-state index in [1.165, 1.54) is 17.8 Å². The van der Waals surface area contributed by atoms with Crippen molar-refractivity contribution in [3.63, 3.8) is 0 Å². The third kappa shape index (κ3) is 5.55. The molecule has 0 bridgehead atoms. The fourth-order valence-corrected chi connectivity index (χ4v) is 3.33. The first kappa shape index (κ1) is 20.3. The fourth-order valence-electron chi connectivity index (χ4n) is 2.57. The van der Waals surface area contributed by atoms with E-state index in [-0.39, 0.29) is 17.3 Å². The van der Waals surface area contributed by atoms with Gasteiger partial charge in [0, 0.05) is 24.8 Å². The van der Waals surface area contributed by atoms with E-state index in [9.17, 15) is 14.9 Å². The van der Waals surface area contributed by atoms with Crippen molar-refractivity contribution in [3.8, 4) is 5.69 Å². The molecule has 1 heterocycles. The second kappa shape index (κ2) is 9.69. The van der Waals surface area contributed by atoms with Gasteiger partial charge in [0.25, 0.3) is 5.69 Å². The standard InChI is InChI=1S/C19H20N6O3S/c1-14-6-8-15(9-7-14)24-13-22-23-19(24)29-12-18(26)21-11-10-20-16-4-2-3-5-17(16)25(27)28/h2-9,13,20H,10-12H2,1H3,(H,21,26). The maximum Gasteiger partial charge on any atom is 0.292 e. The van der Waals surface area contributed by atoms with Crippen molar-refractivity contribution in [1.29, 1.82) is 0 Å². The number of carbonyl (C=O) groups is 1. The summed E-state index contributed by atoms with van der Waals surface area (Å²) in [7, 11) is 0. The number of aryl methyl sites for hydroxylation is 1. The van der Waals surface area contributed by atoms with Crippen molar-refractivity contribution in [1.82, 2.24) is 20.1 Å². The third-order valence-electron chi connectivity index (χ3n) is 4.02. The van der Waals surface area contributed by atoms with E-state index >= 15 is 0 Å². The zero-order chi connectivity index (χ0) is 20.6. The summed E-state index contributed by atoms with van der Waals surface area (Å²) in [6.45, 7) is 2.73. The molecule has 0 saturated heterocycles. The van der Waals surface area contributed by atoms with E-state index in [0.29, 0.717) is 23.9 Å². The number of thioether (sulfide) groups is 1. The highest BCUT2D eigenvalue weighted by Gasteiger charge is 2.12. The molecule has 10 heteroatoms. The lowest BCUT2D eigenvalue weighted by molar-refractivity contribution is -0.384. The van der Waals surface area contributed by atoms with Gasteiger partial charge in [-0.15, -0.1) is 10.2 Å². The topological polar surface area (TPSA) is 115 Å². The first-order valence-corrected chi connectivity index (χ1v) is 9.87. The number of hydrogen-bond acceptors (Lipinski definition) is 7. The second-order valence-electron chi connectivity index (χ2n) is 6.16. The van der Waals surface area contributed by atoms with Crippen LogP contribution < -0.4 is 10.6 Å². The number of hydrogen-bond donors (Lipinski definition) is 2. The van der Waals surface area contributed by atoms with Gasteiger partial charge >= 0.3 is 0 Å². The minimum atomic E-state index is -0.443. The van der Waals surface area contributed by atoms with Gasteiger partial charge in [-0.05, 0) is 25.1 Å². The molecule has 0 radical (unpaired) electrons. The fraction of sp³-hybridized carbons (Fsp3) is 0.211. The molecule has 0 unspecified atom stereocenters. The molecular formula is C19H20N6O3S. The molecule has 0 aliphatic rings. The van der Waals surface area contributed by atoms with E-state index in [1.807, 2.05) is 35.8 Å². The average molecular weight is 412 g/mol. The summed E-state index contributed by atoms with van der Waals surface area (Å²) in [5.74, 6) is 0.0357. The van der Waals surface area contributed by atoms with Gasteiger partial charge in [-0.2, -0.15) is 0 Å². The Morgan fingerprint density at radius 2 is 1.93 bits per heavy atom. The Bertz CT molecular complexity index is 990. The minimum Gasteiger partial charge on any atom is -0.378 e. The van der Waals surface area contributed by atoms with Crippen LogP contribution in [-0.2, 0) is 4.79 Å². The number of nitro groups is 1. The van der Waals surface area contributed by atoms with Crippen LogP contribution in [0.15, 0.2) is 60.0 Å². The molecule has 0 atom stereocenters. The first-order chi connectivity index (χ1) is 14.0. The van der Waals surface area contributed by atoms with Crippen molar-refractivity contribution in [3.05, 3.63) is 70.5 Å². The Kier molecular flexibility index (Phi) is 6.80. The number of carbonyl (C=O) groups excluding carboxylic acids is 1. The van der Waals surface area contributed by atoms with E-state index in [2.05, 4.69) is 20.8 Å². The van der Waals surface area contributed by atoms with E-state index in [0.717, 1.165) is 11.3 Å². The molecule has 9 nitrogen and oxygen atoms in total. The smallest absolute Gasteiger partial charge is 0.292 e. The quantitative estimate of drug-likeness (QED) is 0.240. The number of nitrogens with one attached hydrogen (secondary N) is 2. The van der Waals surface area contributed by atoms with Gasteiger partial charge in [0.2, 0.25) is 5.91 Å². The maximum absolute atomic E-state index is 12.1. The van der Waals surface area contributed by atoms with Crippen LogP contribution >= 0.6 is 11.8 Å². The molecule has 2 aromatic carbocycles. The summed E-state index contributed by atoms with van der Waals surface area (Å²) in [5, 5.41) is 25.4. The summed E-state index contributed by atoms with van der Waals surface area (Å²) < 4.78 is 1.83. The van der Waals surface area contributed by atoms with Crippen LogP contribution in [0, 0.1) is 17.0 Å². The van der Waals surface area contributed by atoms with Crippen molar-refractivity contribution in [2.45, 2.75) is 12.1 Å². The van der Waals surface area contributed by atoms with Crippen molar-refractivity contribution in [2.24, 2.45) is 0 Å². The Hall–Kier alpha value is -3.40. The van der Waals surface area contributed by atoms with Gasteiger partial charge in [-0.3, -0.25) is 19.5 Å². The van der Waals surface area contributed by atoms with Crippen LogP contribution in [0.1, 0.15) is 5.56 Å². The Labute approximate surface area is 171 Å². The predicted molar refractivity (Wildman–Crippen MR) is 111 cm³/mol. The average Bonchev–Trinajstić information content (AvgIpc) is 3.19. The second-order valence-corrected chi connectivity index (χ2v) is 7.10. The molecule has 2 N–H and O–H groups in total. The monoisotopic (exact) mass is 412 g/mol. The number of nitrogens with zero attached hydrogens (tertiary/aromatic N) is 4. The highest BCUT2D eigenvalue weighted by atomic mass is 32.2. The maximum atomic E-state index is 12.1. The minimum absolute atomic E-state index is 0.00447. The Balaban J connectivity index is 1.45. The molecule has 0 saturated carbocycles. The van der Waals surface area contributed by atoms with Crippen molar-refractivity contribution >= 4 is 29.0 Å². The first-order valence-electron chi connectivity index (χ1n) is 8.88. The largest absolute Gasteiger partial charge is 0.378 e. The molecule has 0 aliphatic carbocycles. The summed E-state index contributed by atoms with van der Waals surface area (Å²) in [5.41, 5.74) is 2.51. The summed E-state index contributed by atoms with van der Waals surface area (Å²) in [4.78, 5) is 22.6.